The van der Waals surface area contributed by atoms with Crippen molar-refractivity contribution in [1.29, 1.82) is 10.8 Å². The van der Waals surface area contributed by atoms with Gasteiger partial charge in [-0.3, -0.25) is 24.5 Å². The molecule has 10 heteroatoms. The minimum absolute atomic E-state index is 0.312. The number of guanidine groups is 2. The summed E-state index contributed by atoms with van der Waals surface area (Å²) >= 11 is 0. The van der Waals surface area contributed by atoms with E-state index in [9.17, 15) is 8.42 Å². The summed E-state index contributed by atoms with van der Waals surface area (Å²) in [7, 11) is -1.60. The minimum Gasteiger partial charge on any atom is -0.370 e. The quantitative estimate of drug-likeness (QED) is 0.266. The summed E-state index contributed by atoms with van der Waals surface area (Å²) in [5.74, 6) is -0.625. The molecule has 0 aliphatic carbocycles. The Labute approximate surface area is 81.7 Å². The van der Waals surface area contributed by atoms with Gasteiger partial charge in [0.1, 0.15) is 0 Å². The van der Waals surface area contributed by atoms with Gasteiger partial charge in [-0.1, -0.05) is 0 Å². The smallest absolute Gasteiger partial charge is 0.370 e. The van der Waals surface area contributed by atoms with Gasteiger partial charge in [-0.05, 0) is 0 Å². The van der Waals surface area contributed by atoms with Crippen molar-refractivity contribution in [2.24, 2.45) is 11.5 Å². The Morgan fingerprint density at radius 1 is 1.14 bits per heavy atom. The largest absolute Gasteiger partial charge is 0.399 e. The summed E-state index contributed by atoms with van der Waals surface area (Å²) in [5.41, 5.74) is 9.49. The maximum atomic E-state index is 9.92. The predicted molar refractivity (Wildman–Crippen MR) is 49.9 cm³/mol. The summed E-state index contributed by atoms with van der Waals surface area (Å²) < 4.78 is 27.5. The van der Waals surface area contributed by atoms with E-state index in [-0.39, 0.29) is 11.9 Å². The number of nitrogens with two attached hydrogens (primary N) is 2. The van der Waals surface area contributed by atoms with Crippen LogP contribution in [0.3, 0.4) is 0 Å². The van der Waals surface area contributed by atoms with Crippen LogP contribution in [-0.4, -0.2) is 34.6 Å². The predicted octanol–water partition coefficient (Wildman–Crippen LogP) is -2.11. The molecule has 0 saturated carbocycles. The zero-order valence-corrected chi connectivity index (χ0v) is 8.51. The number of hydrogen-bond donors (Lipinski definition) is 5. The molecule has 7 N–H and O–H groups in total. The molecule has 0 aliphatic heterocycles. The van der Waals surface area contributed by atoms with Gasteiger partial charge >= 0.3 is 10.4 Å². The van der Waals surface area contributed by atoms with Gasteiger partial charge in [0, 0.05) is 0 Å². The Morgan fingerprint density at radius 3 is 1.43 bits per heavy atom. The molecule has 0 atom stereocenters. The van der Waals surface area contributed by atoms with Crippen LogP contribution in [0.4, 0.5) is 0 Å². The van der Waals surface area contributed by atoms with Crippen LogP contribution in [0.25, 0.3) is 0 Å². The zero-order valence-electron chi connectivity index (χ0n) is 7.70. The van der Waals surface area contributed by atoms with E-state index < -0.39 is 10.4 Å². The highest BCUT2D eigenvalue weighted by atomic mass is 32.3. The SMILES string of the molecule is COS(=O)(=O)OC.N=C(N)NC(=N)N. The molecule has 0 rings (SSSR count). The van der Waals surface area contributed by atoms with Gasteiger partial charge in [0.05, 0.1) is 14.2 Å². The van der Waals surface area contributed by atoms with E-state index in [0.717, 1.165) is 14.2 Å². The molecule has 0 aromatic carbocycles. The molecule has 0 heterocycles. The van der Waals surface area contributed by atoms with Crippen molar-refractivity contribution < 1.29 is 16.8 Å². The summed E-state index contributed by atoms with van der Waals surface area (Å²) in [4.78, 5) is 0. The first-order chi connectivity index (χ1) is 6.25. The number of nitrogens with one attached hydrogen (secondary N) is 3. The van der Waals surface area contributed by atoms with E-state index in [2.05, 4.69) is 8.37 Å². The molecule has 0 aromatic heterocycles. The maximum Gasteiger partial charge on any atom is 0.399 e. The first-order valence-electron chi connectivity index (χ1n) is 3.06. The Hall–Kier alpha value is -1.39. The third kappa shape index (κ3) is 13.2. The van der Waals surface area contributed by atoms with Crippen molar-refractivity contribution >= 4 is 22.3 Å². The van der Waals surface area contributed by atoms with Crippen LogP contribution in [-0.2, 0) is 18.8 Å². The Kier molecular flexibility index (Phi) is 7.61. The molecule has 0 saturated heterocycles. The van der Waals surface area contributed by atoms with Crippen molar-refractivity contribution in [3.05, 3.63) is 0 Å². The van der Waals surface area contributed by atoms with E-state index >= 15 is 0 Å². The molecule has 0 radical (unpaired) electrons. The van der Waals surface area contributed by atoms with E-state index in [0.29, 0.717) is 0 Å². The van der Waals surface area contributed by atoms with E-state index in [4.69, 9.17) is 22.3 Å². The van der Waals surface area contributed by atoms with Gasteiger partial charge < -0.3 is 11.5 Å². The van der Waals surface area contributed by atoms with Gasteiger partial charge in [0.25, 0.3) is 0 Å². The molecule has 0 spiro atoms. The van der Waals surface area contributed by atoms with Crippen LogP contribution in [0.5, 0.6) is 0 Å². The summed E-state index contributed by atoms with van der Waals surface area (Å²) in [5, 5.41) is 15.0. The summed E-state index contributed by atoms with van der Waals surface area (Å²) in [6, 6.07) is 0. The highest BCUT2D eigenvalue weighted by molar-refractivity contribution is 7.81. The zero-order chi connectivity index (χ0) is 11.8. The average Bonchev–Trinajstić information content (AvgIpc) is 2.03. The normalized spacial score (nSPS) is 9.57. The van der Waals surface area contributed by atoms with Gasteiger partial charge in [0.2, 0.25) is 0 Å². The topological polar surface area (TPSA) is 164 Å². The highest BCUT2D eigenvalue weighted by Gasteiger charge is 2.01. The summed E-state index contributed by atoms with van der Waals surface area (Å²) in [6.45, 7) is 0. The Morgan fingerprint density at radius 2 is 1.43 bits per heavy atom. The van der Waals surface area contributed by atoms with Crippen molar-refractivity contribution in [2.45, 2.75) is 0 Å². The lowest BCUT2D eigenvalue weighted by atomic mass is 10.9. The van der Waals surface area contributed by atoms with Crippen molar-refractivity contribution in [3.8, 4) is 0 Å². The molecule has 0 aliphatic rings. The van der Waals surface area contributed by atoms with Gasteiger partial charge in [0.15, 0.2) is 11.9 Å². The third-order valence-corrected chi connectivity index (χ3v) is 1.49. The Balaban J connectivity index is 0. The first kappa shape index (κ1) is 15.1. The number of hydrogen-bond acceptors (Lipinski definition) is 6. The van der Waals surface area contributed by atoms with E-state index in [1.807, 2.05) is 5.32 Å². The molecule has 84 valence electrons. The van der Waals surface area contributed by atoms with Crippen molar-refractivity contribution in [1.82, 2.24) is 5.32 Å². The Bertz CT molecular complexity index is 264. The first-order valence-corrected chi connectivity index (χ1v) is 4.39. The lowest BCUT2D eigenvalue weighted by molar-refractivity contribution is 0.286. The molecule has 0 amide bonds. The van der Waals surface area contributed by atoms with Crippen molar-refractivity contribution in [3.63, 3.8) is 0 Å². The van der Waals surface area contributed by atoms with Crippen LogP contribution in [0.2, 0.25) is 0 Å². The van der Waals surface area contributed by atoms with Crippen LogP contribution >= 0.6 is 0 Å². The second kappa shape index (κ2) is 7.06. The molecule has 0 aromatic rings. The lowest BCUT2D eigenvalue weighted by Crippen LogP contribution is -2.39. The second-order valence-corrected chi connectivity index (χ2v) is 3.18. The second-order valence-electron chi connectivity index (χ2n) is 1.69. The summed E-state index contributed by atoms with van der Waals surface area (Å²) in [6.07, 6.45) is 0. The minimum atomic E-state index is -3.66. The lowest BCUT2D eigenvalue weighted by Gasteiger charge is -1.95. The highest BCUT2D eigenvalue weighted by Crippen LogP contribution is 1.85. The number of rotatable bonds is 2. The molecule has 0 unspecified atom stereocenters. The molecule has 0 fully saturated rings. The molecular weight excluding hydrogens is 214 g/mol. The average molecular weight is 227 g/mol. The monoisotopic (exact) mass is 227 g/mol. The van der Waals surface area contributed by atoms with Gasteiger partial charge in [-0.25, -0.2) is 0 Å². The van der Waals surface area contributed by atoms with E-state index in [1.54, 1.807) is 0 Å². The van der Waals surface area contributed by atoms with E-state index in [1.165, 1.54) is 0 Å². The standard InChI is InChI=1S/C2H7N5.C2H6O4S/c3-1(4)7-2(5)6;1-5-7(3,4)6-2/h(H7,3,4,5,6,7);1-2H3. The van der Waals surface area contributed by atoms with Crippen LogP contribution in [0.15, 0.2) is 0 Å². The third-order valence-electron chi connectivity index (χ3n) is 0.678. The molecular formula is C4H13N5O4S. The van der Waals surface area contributed by atoms with Crippen molar-refractivity contribution in [2.75, 3.05) is 14.2 Å². The van der Waals surface area contributed by atoms with Gasteiger partial charge in [-0.2, -0.15) is 8.42 Å². The van der Waals surface area contributed by atoms with Gasteiger partial charge in [-0.15, -0.1) is 0 Å². The fraction of sp³-hybridized carbons (Fsp3) is 0.500. The van der Waals surface area contributed by atoms with Crippen LogP contribution in [0, 0.1) is 10.8 Å². The van der Waals surface area contributed by atoms with Crippen LogP contribution in [0.1, 0.15) is 0 Å². The molecule has 0 bridgehead atoms. The fourth-order valence-corrected chi connectivity index (χ4v) is 0.349. The fourth-order valence-electron chi connectivity index (χ4n) is 0.213. The maximum absolute atomic E-state index is 9.92. The molecule has 14 heavy (non-hydrogen) atoms. The molecule has 9 nitrogen and oxygen atoms in total. The van der Waals surface area contributed by atoms with Crippen LogP contribution < -0.4 is 16.8 Å².